The van der Waals surface area contributed by atoms with E-state index in [1.54, 1.807) is 11.3 Å². The number of hydrogen-bond acceptors (Lipinski definition) is 4. The van der Waals surface area contributed by atoms with Crippen LogP contribution in [0, 0.1) is 0 Å². The highest BCUT2D eigenvalue weighted by Crippen LogP contribution is 2.31. The third-order valence-electron chi connectivity index (χ3n) is 3.94. The zero-order valence-corrected chi connectivity index (χ0v) is 19.4. The molecule has 2 aromatic rings. The Kier molecular flexibility index (Phi) is 7.31. The van der Waals surface area contributed by atoms with Crippen molar-refractivity contribution in [2.24, 2.45) is 0 Å². The third kappa shape index (κ3) is 7.78. The number of rotatable bonds is 9. The maximum atomic E-state index is 6.21. The van der Waals surface area contributed by atoms with Crippen LogP contribution in [0.2, 0.25) is 5.04 Å². The summed E-state index contributed by atoms with van der Waals surface area (Å²) >= 11 is 1.69. The quantitative estimate of drug-likeness (QED) is 0.465. The van der Waals surface area contributed by atoms with E-state index in [0.29, 0.717) is 23.0 Å². The summed E-state index contributed by atoms with van der Waals surface area (Å²) < 4.78 is 18.3. The summed E-state index contributed by atoms with van der Waals surface area (Å²) in [5, 5.41) is 4.34. The molecule has 1 aromatic carbocycles. The lowest BCUT2D eigenvalue weighted by Gasteiger charge is -2.30. The molecule has 0 aliphatic carbocycles. The molecule has 5 heteroatoms. The molecule has 0 fully saturated rings. The molecule has 2 rings (SSSR count). The summed E-state index contributed by atoms with van der Waals surface area (Å²) in [6, 6.07) is 10.3. The molecule has 0 saturated heterocycles. The number of benzene rings is 1. The summed E-state index contributed by atoms with van der Waals surface area (Å²) in [5.41, 5.74) is 1.61. The van der Waals surface area contributed by atoms with Crippen molar-refractivity contribution < 1.29 is 13.9 Å². The first kappa shape index (κ1) is 22.1. The average molecular weight is 405 g/mol. The second-order valence-electron chi connectivity index (χ2n) is 8.96. The lowest BCUT2D eigenvalue weighted by molar-refractivity contribution is -0.0569. The van der Waals surface area contributed by atoms with Gasteiger partial charge in [0.15, 0.2) is 0 Å². The van der Waals surface area contributed by atoms with E-state index in [2.05, 4.69) is 77.4 Å². The Morgan fingerprint density at radius 2 is 1.74 bits per heavy atom. The molecule has 3 nitrogen and oxygen atoms in total. The van der Waals surface area contributed by atoms with E-state index in [-0.39, 0.29) is 16.2 Å². The van der Waals surface area contributed by atoms with Crippen LogP contribution in [0.4, 0.5) is 0 Å². The van der Waals surface area contributed by atoms with Crippen molar-refractivity contribution in [3.8, 4) is 5.75 Å². The van der Waals surface area contributed by atoms with E-state index in [0.717, 1.165) is 11.3 Å². The average Bonchev–Trinajstić information content (AvgIpc) is 3.10. The Labute approximate surface area is 171 Å². The smallest absolute Gasteiger partial charge is 0.236 e. The molecule has 2 radical (unpaired) electrons. The zero-order chi connectivity index (χ0) is 20.1. The first-order valence-corrected chi connectivity index (χ1v) is 11.2. The minimum atomic E-state index is -0.364. The maximum Gasteiger partial charge on any atom is 0.236 e. The van der Waals surface area contributed by atoms with Crippen molar-refractivity contribution >= 4 is 21.1 Å². The van der Waals surface area contributed by atoms with Crippen LogP contribution in [0.15, 0.2) is 41.1 Å². The van der Waals surface area contributed by atoms with Crippen molar-refractivity contribution in [3.63, 3.8) is 0 Å². The molecule has 27 heavy (non-hydrogen) atoms. The molecule has 0 atom stereocenters. The summed E-state index contributed by atoms with van der Waals surface area (Å²) in [5.74, 6) is 0.843. The molecule has 1 heterocycles. The number of ether oxygens (including phenoxy) is 2. The highest BCUT2D eigenvalue weighted by Gasteiger charge is 2.26. The maximum absolute atomic E-state index is 6.21. The summed E-state index contributed by atoms with van der Waals surface area (Å²) in [4.78, 5) is 0. The van der Waals surface area contributed by atoms with Crippen LogP contribution in [0.25, 0.3) is 0 Å². The molecule has 0 bridgehead atoms. The molecule has 1 aromatic heterocycles. The Hall–Kier alpha value is -1.14. The van der Waals surface area contributed by atoms with Gasteiger partial charge in [-0.25, -0.2) is 0 Å². The highest BCUT2D eigenvalue weighted by molar-refractivity contribution is 7.07. The van der Waals surface area contributed by atoms with Gasteiger partial charge in [0.1, 0.15) is 12.4 Å². The van der Waals surface area contributed by atoms with Gasteiger partial charge in [-0.2, -0.15) is 11.3 Å². The first-order chi connectivity index (χ1) is 12.5. The van der Waals surface area contributed by atoms with Crippen LogP contribution in [0.1, 0.15) is 59.6 Å². The number of hydrogen-bond donors (Lipinski definition) is 0. The van der Waals surface area contributed by atoms with Gasteiger partial charge in [-0.1, -0.05) is 32.9 Å². The lowest BCUT2D eigenvalue weighted by Crippen LogP contribution is -2.32. The molecule has 0 amide bonds. The van der Waals surface area contributed by atoms with Gasteiger partial charge >= 0.3 is 0 Å². The molecular weight excluding hydrogens is 372 g/mol. The SMILES string of the molecule is CC(C)(COc1cccc(C(C)(C)O[Si]C(C)(C)C)c1)OCc1ccsc1. The van der Waals surface area contributed by atoms with Gasteiger partial charge in [-0.05, 0) is 72.8 Å². The second kappa shape index (κ2) is 8.91. The molecule has 0 N–H and O–H groups in total. The van der Waals surface area contributed by atoms with Gasteiger partial charge in [0.2, 0.25) is 9.76 Å². The third-order valence-corrected chi connectivity index (χ3v) is 5.89. The van der Waals surface area contributed by atoms with Crippen molar-refractivity contribution in [1.29, 1.82) is 0 Å². The van der Waals surface area contributed by atoms with Crippen LogP contribution < -0.4 is 4.74 Å². The molecule has 0 saturated carbocycles. The van der Waals surface area contributed by atoms with E-state index in [9.17, 15) is 0 Å². The predicted molar refractivity (Wildman–Crippen MR) is 115 cm³/mol. The fraction of sp³-hybridized carbons (Fsp3) is 0.545. The van der Waals surface area contributed by atoms with Crippen molar-refractivity contribution in [2.75, 3.05) is 6.61 Å². The van der Waals surface area contributed by atoms with E-state index in [1.165, 1.54) is 5.56 Å². The topological polar surface area (TPSA) is 27.7 Å². The van der Waals surface area contributed by atoms with Crippen LogP contribution in [0.3, 0.4) is 0 Å². The zero-order valence-electron chi connectivity index (χ0n) is 17.6. The van der Waals surface area contributed by atoms with Gasteiger partial charge in [0.25, 0.3) is 0 Å². The number of thiophene rings is 1. The fourth-order valence-corrected chi connectivity index (χ4v) is 3.58. The van der Waals surface area contributed by atoms with Gasteiger partial charge < -0.3 is 13.9 Å². The largest absolute Gasteiger partial charge is 0.491 e. The first-order valence-electron chi connectivity index (χ1n) is 9.30. The monoisotopic (exact) mass is 404 g/mol. The highest BCUT2D eigenvalue weighted by atomic mass is 32.1. The van der Waals surface area contributed by atoms with Gasteiger partial charge in [-0.15, -0.1) is 0 Å². The Bertz CT molecular complexity index is 703. The second-order valence-corrected chi connectivity index (χ2v) is 11.6. The Morgan fingerprint density at radius 3 is 2.37 bits per heavy atom. The van der Waals surface area contributed by atoms with Crippen molar-refractivity contribution in [2.45, 2.75) is 71.3 Å². The van der Waals surface area contributed by atoms with Crippen LogP contribution in [-0.4, -0.2) is 22.0 Å². The molecular formula is C22H32O3SSi. The Balaban J connectivity index is 1.94. The minimum absolute atomic E-state index is 0.162. The van der Waals surface area contributed by atoms with E-state index < -0.39 is 0 Å². The van der Waals surface area contributed by atoms with E-state index >= 15 is 0 Å². The predicted octanol–water partition coefficient (Wildman–Crippen LogP) is 6.21. The molecule has 0 unspecified atom stereocenters. The van der Waals surface area contributed by atoms with Crippen LogP contribution in [0.5, 0.6) is 5.75 Å². The van der Waals surface area contributed by atoms with Gasteiger partial charge in [0, 0.05) is 0 Å². The van der Waals surface area contributed by atoms with Crippen LogP contribution >= 0.6 is 11.3 Å². The van der Waals surface area contributed by atoms with Gasteiger partial charge in [0.05, 0.1) is 17.8 Å². The molecule has 0 aliphatic heterocycles. The van der Waals surface area contributed by atoms with Crippen molar-refractivity contribution in [1.82, 2.24) is 0 Å². The Morgan fingerprint density at radius 1 is 1.00 bits per heavy atom. The fourth-order valence-electron chi connectivity index (χ4n) is 2.25. The van der Waals surface area contributed by atoms with E-state index in [1.807, 2.05) is 12.1 Å². The molecule has 0 aliphatic rings. The van der Waals surface area contributed by atoms with Crippen LogP contribution in [-0.2, 0) is 21.4 Å². The molecule has 148 valence electrons. The van der Waals surface area contributed by atoms with Crippen molar-refractivity contribution in [3.05, 3.63) is 52.2 Å². The molecule has 0 spiro atoms. The summed E-state index contributed by atoms with van der Waals surface area (Å²) in [7, 11) is 0.436. The lowest BCUT2D eigenvalue weighted by atomic mass is 9.98. The summed E-state index contributed by atoms with van der Waals surface area (Å²) in [6.45, 7) is 16.0. The minimum Gasteiger partial charge on any atom is -0.491 e. The van der Waals surface area contributed by atoms with Gasteiger partial charge in [-0.3, -0.25) is 0 Å². The normalized spacial score (nSPS) is 13.0. The standard InChI is InChI=1S/C22H32O3SSi/c1-20(2,3)27-25-22(6,7)18-9-8-10-19(13-18)23-16-21(4,5)24-14-17-11-12-26-15-17/h8-13,15H,14,16H2,1-7H3. The summed E-state index contributed by atoms with van der Waals surface area (Å²) in [6.07, 6.45) is 0. The van der Waals surface area contributed by atoms with E-state index in [4.69, 9.17) is 13.9 Å².